The Kier molecular flexibility index (Phi) is 6.72. The zero-order chi connectivity index (χ0) is 27.2. The molecule has 0 unspecified atom stereocenters. The zero-order valence-corrected chi connectivity index (χ0v) is 22.6. The number of hydrogen-bond donors (Lipinski definition) is 2. The number of morpholine rings is 1. The molecule has 0 aliphatic carbocycles. The number of anilines is 1. The Morgan fingerprint density at radius 3 is 2.39 bits per heavy atom. The summed E-state index contributed by atoms with van der Waals surface area (Å²) in [7, 11) is -0.705. The smallest absolute Gasteiger partial charge is 0.256 e. The average Bonchev–Trinajstić information content (AvgIpc) is 3.37. The van der Waals surface area contributed by atoms with E-state index in [-0.39, 0.29) is 16.7 Å². The van der Waals surface area contributed by atoms with E-state index in [1.54, 1.807) is 17.0 Å². The van der Waals surface area contributed by atoms with Crippen molar-refractivity contribution in [3.63, 3.8) is 0 Å². The van der Waals surface area contributed by atoms with E-state index in [1.807, 2.05) is 38.1 Å². The zero-order valence-electron chi connectivity index (χ0n) is 21.8. The van der Waals surface area contributed by atoms with Crippen molar-refractivity contribution in [1.29, 1.82) is 0 Å². The number of fused-ring (bicyclic) bond motifs is 1. The predicted octanol–water partition coefficient (Wildman–Crippen LogP) is 3.51. The number of carbonyl (C=O) groups excluding carboxylic acids is 2. The van der Waals surface area contributed by atoms with Gasteiger partial charge in [-0.2, -0.15) is 0 Å². The molecule has 5 rings (SSSR count). The van der Waals surface area contributed by atoms with E-state index in [1.165, 1.54) is 26.2 Å². The predicted molar refractivity (Wildman–Crippen MR) is 146 cm³/mol. The number of amides is 2. The second-order valence-electron chi connectivity index (χ2n) is 9.65. The Morgan fingerprint density at radius 1 is 1.05 bits per heavy atom. The van der Waals surface area contributed by atoms with Gasteiger partial charge in [0, 0.05) is 61.0 Å². The lowest BCUT2D eigenvalue weighted by atomic mass is 9.98. The van der Waals surface area contributed by atoms with E-state index in [0.717, 1.165) is 32.4 Å². The Hall–Kier alpha value is -3.73. The highest BCUT2D eigenvalue weighted by molar-refractivity contribution is 7.89. The van der Waals surface area contributed by atoms with Crippen molar-refractivity contribution < 1.29 is 22.7 Å². The van der Waals surface area contributed by atoms with Crippen LogP contribution < -0.4 is 5.32 Å². The van der Waals surface area contributed by atoms with E-state index in [0.29, 0.717) is 48.7 Å². The molecule has 0 radical (unpaired) electrons. The van der Waals surface area contributed by atoms with Crippen LogP contribution >= 0.6 is 0 Å². The Morgan fingerprint density at radius 2 is 1.74 bits per heavy atom. The maximum Gasteiger partial charge on any atom is 0.256 e. The molecule has 3 heterocycles. The summed E-state index contributed by atoms with van der Waals surface area (Å²) < 4.78 is 31.8. The molecule has 1 fully saturated rings. The number of sulfonamides is 1. The summed E-state index contributed by atoms with van der Waals surface area (Å²) >= 11 is 0. The first-order chi connectivity index (χ1) is 18.1. The van der Waals surface area contributed by atoms with Gasteiger partial charge in [-0.3, -0.25) is 9.59 Å². The highest BCUT2D eigenvalue weighted by Gasteiger charge is 2.28. The van der Waals surface area contributed by atoms with Gasteiger partial charge in [0.2, 0.25) is 10.0 Å². The molecule has 2 aliphatic heterocycles. The molecule has 2 aliphatic rings. The molecule has 10 heteroatoms. The van der Waals surface area contributed by atoms with Gasteiger partial charge in [-0.25, -0.2) is 12.7 Å². The highest BCUT2D eigenvalue weighted by Crippen LogP contribution is 2.37. The SMILES string of the molecule is Cc1[nH]c(/C=C2\C(=O)Nc3ccc(S(=O)(=O)N(C)C)cc32)c(C)c1-c1ccc(C(=O)N2CCOCC2)cc1. The standard InChI is InChI=1S/C28H30N4O5S/c1-17-25(16-23-22-15-21(38(35,36)31(3)4)9-10-24(22)30-27(23)33)29-18(2)26(17)19-5-7-20(8-6-19)28(34)32-11-13-37-14-12-32/h5-10,15-16,29H,11-14H2,1-4H3,(H,30,33)/b23-16-. The molecule has 0 spiro atoms. The van der Waals surface area contributed by atoms with E-state index in [9.17, 15) is 18.0 Å². The van der Waals surface area contributed by atoms with Crippen molar-refractivity contribution in [2.24, 2.45) is 0 Å². The third kappa shape index (κ3) is 4.55. The van der Waals surface area contributed by atoms with E-state index >= 15 is 0 Å². The van der Waals surface area contributed by atoms with Crippen molar-refractivity contribution in [2.75, 3.05) is 45.7 Å². The number of benzene rings is 2. The minimum Gasteiger partial charge on any atom is -0.378 e. The molecule has 2 amide bonds. The van der Waals surface area contributed by atoms with Crippen LogP contribution in [0.4, 0.5) is 5.69 Å². The van der Waals surface area contributed by atoms with Gasteiger partial charge in [0.25, 0.3) is 11.8 Å². The number of aromatic nitrogens is 1. The monoisotopic (exact) mass is 534 g/mol. The number of nitrogens with one attached hydrogen (secondary N) is 2. The Bertz CT molecular complexity index is 1560. The maximum atomic E-state index is 12.8. The molecule has 198 valence electrons. The number of H-pyrrole nitrogens is 1. The Labute approximate surface area is 222 Å². The van der Waals surface area contributed by atoms with Crippen LogP contribution in [0.3, 0.4) is 0 Å². The summed E-state index contributed by atoms with van der Waals surface area (Å²) in [5.41, 5.74) is 6.69. The summed E-state index contributed by atoms with van der Waals surface area (Å²) in [6.45, 7) is 6.22. The molecular weight excluding hydrogens is 504 g/mol. The van der Waals surface area contributed by atoms with Gasteiger partial charge in [-0.05, 0) is 61.4 Å². The van der Waals surface area contributed by atoms with Crippen LogP contribution in [0.5, 0.6) is 0 Å². The summed E-state index contributed by atoms with van der Waals surface area (Å²) in [5, 5.41) is 2.82. The van der Waals surface area contributed by atoms with Crippen molar-refractivity contribution in [2.45, 2.75) is 18.7 Å². The van der Waals surface area contributed by atoms with Gasteiger partial charge < -0.3 is 19.9 Å². The number of hydrogen-bond acceptors (Lipinski definition) is 5. The quantitative estimate of drug-likeness (QED) is 0.487. The average molecular weight is 535 g/mol. The molecule has 0 bridgehead atoms. The lowest BCUT2D eigenvalue weighted by molar-refractivity contribution is -0.110. The minimum atomic E-state index is -3.65. The van der Waals surface area contributed by atoms with Crippen molar-refractivity contribution >= 4 is 39.2 Å². The first-order valence-corrected chi connectivity index (χ1v) is 13.8. The van der Waals surface area contributed by atoms with Gasteiger partial charge in [0.05, 0.1) is 23.7 Å². The molecule has 0 atom stereocenters. The summed E-state index contributed by atoms with van der Waals surface area (Å²) in [6, 6.07) is 12.2. The fourth-order valence-electron chi connectivity index (χ4n) is 4.91. The van der Waals surface area contributed by atoms with Crippen LogP contribution in [0.2, 0.25) is 0 Å². The summed E-state index contributed by atoms with van der Waals surface area (Å²) in [4.78, 5) is 30.9. The molecule has 1 aromatic heterocycles. The van der Waals surface area contributed by atoms with Crippen LogP contribution in [0, 0.1) is 13.8 Å². The van der Waals surface area contributed by atoms with Gasteiger partial charge in [0.1, 0.15) is 0 Å². The number of ether oxygens (including phenoxy) is 1. The lowest BCUT2D eigenvalue weighted by Gasteiger charge is -2.26. The molecule has 2 aromatic carbocycles. The molecular formula is C28H30N4O5S. The number of nitrogens with zero attached hydrogens (tertiary/aromatic N) is 2. The first-order valence-electron chi connectivity index (χ1n) is 12.3. The lowest BCUT2D eigenvalue weighted by Crippen LogP contribution is -2.40. The van der Waals surface area contributed by atoms with E-state index in [2.05, 4.69) is 10.3 Å². The van der Waals surface area contributed by atoms with Gasteiger partial charge >= 0.3 is 0 Å². The number of aromatic amines is 1. The van der Waals surface area contributed by atoms with Gasteiger partial charge in [-0.15, -0.1) is 0 Å². The van der Waals surface area contributed by atoms with Gasteiger partial charge in [-0.1, -0.05) is 12.1 Å². The second kappa shape index (κ2) is 9.86. The molecule has 9 nitrogen and oxygen atoms in total. The molecule has 2 N–H and O–H groups in total. The third-order valence-corrected chi connectivity index (χ3v) is 8.85. The van der Waals surface area contributed by atoms with E-state index < -0.39 is 10.0 Å². The van der Waals surface area contributed by atoms with Gasteiger partial charge in [0.15, 0.2) is 0 Å². The normalized spacial score (nSPS) is 16.7. The largest absolute Gasteiger partial charge is 0.378 e. The van der Waals surface area contributed by atoms with Crippen LogP contribution in [0.1, 0.15) is 32.9 Å². The maximum absolute atomic E-state index is 12.8. The van der Waals surface area contributed by atoms with Crippen LogP contribution in [0.25, 0.3) is 22.8 Å². The van der Waals surface area contributed by atoms with Crippen LogP contribution in [-0.4, -0.2) is 74.8 Å². The van der Waals surface area contributed by atoms with Crippen LogP contribution in [0.15, 0.2) is 47.4 Å². The summed E-state index contributed by atoms with van der Waals surface area (Å²) in [5.74, 6) is -0.298. The topological polar surface area (TPSA) is 112 Å². The molecule has 38 heavy (non-hydrogen) atoms. The fraction of sp³-hybridized carbons (Fsp3) is 0.286. The van der Waals surface area contributed by atoms with E-state index in [4.69, 9.17) is 4.74 Å². The molecule has 0 saturated carbocycles. The second-order valence-corrected chi connectivity index (χ2v) is 11.8. The number of aryl methyl sites for hydroxylation is 1. The number of carbonyl (C=O) groups is 2. The highest BCUT2D eigenvalue weighted by atomic mass is 32.2. The number of rotatable bonds is 5. The first kappa shape index (κ1) is 25.9. The molecule has 1 saturated heterocycles. The minimum absolute atomic E-state index is 0.00523. The molecule has 3 aromatic rings. The van der Waals surface area contributed by atoms with Crippen LogP contribution in [-0.2, 0) is 19.6 Å². The van der Waals surface area contributed by atoms with Crippen molar-refractivity contribution in [3.05, 3.63) is 70.5 Å². The van der Waals surface area contributed by atoms with Crippen molar-refractivity contribution in [1.82, 2.24) is 14.2 Å². The third-order valence-electron chi connectivity index (χ3n) is 7.04. The summed E-state index contributed by atoms with van der Waals surface area (Å²) in [6.07, 6.45) is 1.76. The Balaban J connectivity index is 1.47. The van der Waals surface area contributed by atoms with Crippen molar-refractivity contribution in [3.8, 4) is 11.1 Å². The fourth-order valence-corrected chi connectivity index (χ4v) is 5.83.